The average Bonchev–Trinajstić information content (AvgIpc) is 1.89. The van der Waals surface area contributed by atoms with E-state index < -0.39 is 6.04 Å². The van der Waals surface area contributed by atoms with E-state index in [1.807, 2.05) is 0 Å². The Morgan fingerprint density at radius 3 is 2.56 bits per heavy atom. The Hall–Kier alpha value is -0.650. The zero-order valence-corrected chi connectivity index (χ0v) is 4.82. The van der Waals surface area contributed by atoms with Gasteiger partial charge in [-0.3, -0.25) is 9.80 Å². The van der Waals surface area contributed by atoms with Crippen LogP contribution in [0.2, 0.25) is 0 Å². The van der Waals surface area contributed by atoms with E-state index in [1.165, 1.54) is 0 Å². The Morgan fingerprint density at radius 1 is 1.78 bits per heavy atom. The Bertz CT molecular complexity index is 126. The summed E-state index contributed by atoms with van der Waals surface area (Å²) in [6, 6.07) is -0.975. The van der Waals surface area contributed by atoms with Crippen molar-refractivity contribution >= 4 is 5.91 Å². The molecule has 52 valence electrons. The van der Waals surface area contributed by atoms with Crippen LogP contribution in [-0.2, 0) is 4.79 Å². The van der Waals surface area contributed by atoms with E-state index in [9.17, 15) is 4.79 Å². The predicted octanol–water partition coefficient (Wildman–Crippen LogP) is -2.61. The van der Waals surface area contributed by atoms with Crippen molar-refractivity contribution in [2.24, 2.45) is 11.6 Å². The number of nitrogens with zero attached hydrogens (tertiary/aromatic N) is 1. The number of aliphatic hydroxyl groups excluding tert-OH is 1. The maximum absolute atomic E-state index is 10.5. The zero-order chi connectivity index (χ0) is 7.02. The number of β-lactam (4-membered cyclic amide) rings is 1. The second kappa shape index (κ2) is 1.94. The highest BCUT2D eigenvalue weighted by molar-refractivity contribution is 5.88. The maximum atomic E-state index is 10.5. The molecule has 1 aliphatic rings. The van der Waals surface area contributed by atoms with E-state index >= 15 is 0 Å². The molecule has 9 heavy (non-hydrogen) atoms. The molecule has 1 fully saturated rings. The molecular formula is C4H9N3O2. The Morgan fingerprint density at radius 2 is 2.33 bits per heavy atom. The lowest BCUT2D eigenvalue weighted by molar-refractivity contribution is -0.151. The molecule has 1 aliphatic heterocycles. The van der Waals surface area contributed by atoms with Crippen LogP contribution in [0.15, 0.2) is 0 Å². The van der Waals surface area contributed by atoms with Crippen molar-refractivity contribution < 1.29 is 9.90 Å². The fourth-order valence-electron chi connectivity index (χ4n) is 0.793. The number of carbonyl (C=O) groups excluding carboxylic acids is 1. The van der Waals surface area contributed by atoms with E-state index in [2.05, 4.69) is 0 Å². The van der Waals surface area contributed by atoms with Gasteiger partial charge < -0.3 is 10.8 Å². The Balaban J connectivity index is 2.51. The number of rotatable bonds is 1. The largest absolute Gasteiger partial charge is 0.394 e. The van der Waals surface area contributed by atoms with E-state index in [-0.39, 0.29) is 18.6 Å². The molecule has 5 nitrogen and oxygen atoms in total. The third kappa shape index (κ3) is 0.699. The zero-order valence-electron chi connectivity index (χ0n) is 4.82. The smallest absolute Gasteiger partial charge is 0.256 e. The van der Waals surface area contributed by atoms with Crippen LogP contribution in [0.1, 0.15) is 0 Å². The van der Waals surface area contributed by atoms with Crippen LogP contribution in [0, 0.1) is 0 Å². The number of carbonyl (C=O) groups is 1. The molecule has 0 aromatic carbocycles. The summed E-state index contributed by atoms with van der Waals surface area (Å²) in [5.74, 6) is 4.80. The van der Waals surface area contributed by atoms with Crippen LogP contribution in [0.3, 0.4) is 0 Å². The van der Waals surface area contributed by atoms with Gasteiger partial charge in [0.15, 0.2) is 0 Å². The van der Waals surface area contributed by atoms with Gasteiger partial charge in [0.25, 0.3) is 5.91 Å². The minimum Gasteiger partial charge on any atom is -0.394 e. The summed E-state index contributed by atoms with van der Waals surface area (Å²) in [4.78, 5) is 10.5. The molecule has 0 spiro atoms. The van der Waals surface area contributed by atoms with Gasteiger partial charge in [0.1, 0.15) is 6.04 Å². The molecule has 1 heterocycles. The van der Waals surface area contributed by atoms with E-state index in [0.717, 1.165) is 5.01 Å². The SMILES string of the molecule is NC1C(=O)N(N)C1CO. The maximum Gasteiger partial charge on any atom is 0.256 e. The van der Waals surface area contributed by atoms with Gasteiger partial charge in [-0.25, -0.2) is 5.84 Å². The first-order chi connectivity index (χ1) is 4.18. The van der Waals surface area contributed by atoms with Crippen LogP contribution < -0.4 is 11.6 Å². The lowest BCUT2D eigenvalue weighted by atomic mass is 10.0. The van der Waals surface area contributed by atoms with Crippen molar-refractivity contribution in [3.63, 3.8) is 0 Å². The average molecular weight is 131 g/mol. The van der Waals surface area contributed by atoms with Gasteiger partial charge in [-0.15, -0.1) is 0 Å². The lowest BCUT2D eigenvalue weighted by Gasteiger charge is -2.40. The second-order valence-electron chi connectivity index (χ2n) is 2.02. The molecule has 1 saturated heterocycles. The standard InChI is InChI=1S/C4H9N3O2/c5-3-2(1-8)7(6)4(3)9/h2-3,8H,1,5-6H2. The molecule has 5 heteroatoms. The molecule has 0 aromatic rings. The summed E-state index contributed by atoms with van der Waals surface area (Å²) >= 11 is 0. The normalized spacial score (nSPS) is 34.6. The molecule has 2 unspecified atom stereocenters. The first-order valence-electron chi connectivity index (χ1n) is 2.62. The molecule has 1 rings (SSSR count). The summed E-state index contributed by atoms with van der Waals surface area (Å²) in [7, 11) is 0. The first-order valence-corrected chi connectivity index (χ1v) is 2.62. The van der Waals surface area contributed by atoms with Gasteiger partial charge in [0.05, 0.1) is 12.6 Å². The molecular weight excluding hydrogens is 122 g/mol. The minimum absolute atomic E-state index is 0.163. The first kappa shape index (κ1) is 6.47. The van der Waals surface area contributed by atoms with Crippen molar-refractivity contribution in [1.82, 2.24) is 5.01 Å². The summed E-state index contributed by atoms with van der Waals surface area (Å²) in [6.45, 7) is -0.163. The van der Waals surface area contributed by atoms with Crippen molar-refractivity contribution in [3.05, 3.63) is 0 Å². The molecule has 0 aliphatic carbocycles. The van der Waals surface area contributed by atoms with Crippen LogP contribution in [-0.4, -0.2) is 34.7 Å². The number of nitrogens with two attached hydrogens (primary N) is 2. The van der Waals surface area contributed by atoms with Gasteiger partial charge in [-0.1, -0.05) is 0 Å². The Labute approximate surface area is 52.2 Å². The summed E-state index contributed by atoms with van der Waals surface area (Å²) in [6.07, 6.45) is 0. The monoisotopic (exact) mass is 131 g/mol. The van der Waals surface area contributed by atoms with Crippen LogP contribution in [0.5, 0.6) is 0 Å². The molecule has 5 N–H and O–H groups in total. The van der Waals surface area contributed by atoms with Crippen LogP contribution in [0.25, 0.3) is 0 Å². The molecule has 0 bridgehead atoms. The fraction of sp³-hybridized carbons (Fsp3) is 0.750. The van der Waals surface area contributed by atoms with Gasteiger partial charge in [-0.05, 0) is 0 Å². The number of hydrogen-bond donors (Lipinski definition) is 3. The molecule has 1 amide bonds. The fourth-order valence-corrected chi connectivity index (χ4v) is 0.793. The highest BCUT2D eigenvalue weighted by Crippen LogP contribution is 2.11. The predicted molar refractivity (Wildman–Crippen MR) is 29.9 cm³/mol. The Kier molecular flexibility index (Phi) is 1.40. The van der Waals surface area contributed by atoms with Gasteiger partial charge in [0.2, 0.25) is 0 Å². The number of aliphatic hydroxyl groups is 1. The molecule has 0 saturated carbocycles. The summed E-state index contributed by atoms with van der Waals surface area (Å²) < 4.78 is 0. The van der Waals surface area contributed by atoms with Crippen molar-refractivity contribution in [2.45, 2.75) is 12.1 Å². The van der Waals surface area contributed by atoms with E-state index in [4.69, 9.17) is 16.7 Å². The second-order valence-corrected chi connectivity index (χ2v) is 2.02. The number of hydrogen-bond acceptors (Lipinski definition) is 4. The number of hydrazine groups is 1. The highest BCUT2D eigenvalue weighted by atomic mass is 16.3. The number of amides is 1. The van der Waals surface area contributed by atoms with Crippen molar-refractivity contribution in [3.8, 4) is 0 Å². The molecule has 2 atom stereocenters. The highest BCUT2D eigenvalue weighted by Gasteiger charge is 2.42. The van der Waals surface area contributed by atoms with Crippen LogP contribution in [0.4, 0.5) is 0 Å². The summed E-state index contributed by atoms with van der Waals surface area (Å²) in [5.41, 5.74) is 5.24. The lowest BCUT2D eigenvalue weighted by Crippen LogP contribution is -2.72. The molecule has 0 radical (unpaired) electrons. The van der Waals surface area contributed by atoms with Gasteiger partial charge >= 0.3 is 0 Å². The summed E-state index contributed by atoms with van der Waals surface area (Å²) in [5, 5.41) is 9.44. The van der Waals surface area contributed by atoms with E-state index in [1.54, 1.807) is 0 Å². The third-order valence-electron chi connectivity index (χ3n) is 1.50. The van der Waals surface area contributed by atoms with Crippen LogP contribution >= 0.6 is 0 Å². The van der Waals surface area contributed by atoms with Gasteiger partial charge in [0, 0.05) is 0 Å². The van der Waals surface area contributed by atoms with Crippen molar-refractivity contribution in [1.29, 1.82) is 0 Å². The van der Waals surface area contributed by atoms with Crippen molar-refractivity contribution in [2.75, 3.05) is 6.61 Å². The molecule has 0 aromatic heterocycles. The van der Waals surface area contributed by atoms with E-state index in [0.29, 0.717) is 0 Å². The quantitative estimate of drug-likeness (QED) is 0.206. The van der Waals surface area contributed by atoms with Gasteiger partial charge in [-0.2, -0.15) is 0 Å². The third-order valence-corrected chi connectivity index (χ3v) is 1.50. The minimum atomic E-state index is -0.597. The topological polar surface area (TPSA) is 92.6 Å².